The zero-order chi connectivity index (χ0) is 14.1. The third-order valence-corrected chi connectivity index (χ3v) is 4.31. The molecule has 0 unspecified atom stereocenters. The molecule has 0 aliphatic carbocycles. The zero-order valence-corrected chi connectivity index (χ0v) is 12.8. The number of thiophene rings is 1. The molecule has 104 valence electrons. The molecule has 5 nitrogen and oxygen atoms in total. The van der Waals surface area contributed by atoms with Gasteiger partial charge in [-0.15, -0.1) is 11.3 Å². The van der Waals surface area contributed by atoms with E-state index < -0.39 is 0 Å². The van der Waals surface area contributed by atoms with Crippen molar-refractivity contribution in [3.63, 3.8) is 0 Å². The lowest BCUT2D eigenvalue weighted by atomic mass is 10.2. The molecular formula is C13H14N4OS2. The molecule has 3 aromatic heterocycles. The first kappa shape index (κ1) is 13.3. The van der Waals surface area contributed by atoms with Gasteiger partial charge in [0.15, 0.2) is 5.13 Å². The molecule has 7 heteroatoms. The number of hydrogen-bond acceptors (Lipinski definition) is 5. The van der Waals surface area contributed by atoms with E-state index in [0.29, 0.717) is 17.6 Å². The predicted molar refractivity (Wildman–Crippen MR) is 81.6 cm³/mol. The number of thiazole rings is 1. The van der Waals surface area contributed by atoms with Crippen LogP contribution in [0.4, 0.5) is 0 Å². The van der Waals surface area contributed by atoms with Crippen LogP contribution in [0.15, 0.2) is 33.3 Å². The van der Waals surface area contributed by atoms with Crippen molar-refractivity contribution in [2.24, 2.45) is 5.92 Å². The van der Waals surface area contributed by atoms with Crippen molar-refractivity contribution >= 4 is 22.7 Å². The maximum absolute atomic E-state index is 12.2. The van der Waals surface area contributed by atoms with E-state index >= 15 is 0 Å². The summed E-state index contributed by atoms with van der Waals surface area (Å²) in [5.41, 5.74) is 1.85. The minimum atomic E-state index is -0.134. The highest BCUT2D eigenvalue weighted by atomic mass is 32.1. The van der Waals surface area contributed by atoms with Gasteiger partial charge in [-0.1, -0.05) is 13.8 Å². The predicted octanol–water partition coefficient (Wildman–Crippen LogP) is 2.88. The lowest BCUT2D eigenvalue weighted by molar-refractivity contribution is 0.469. The van der Waals surface area contributed by atoms with E-state index in [4.69, 9.17) is 0 Å². The SMILES string of the molecule is CC(C)Cn1ncn(-c2nc(-c3ccsc3)cs2)c1=O. The van der Waals surface area contributed by atoms with Crippen molar-refractivity contribution in [1.29, 1.82) is 0 Å². The normalized spacial score (nSPS) is 11.3. The Hall–Kier alpha value is -1.73. The van der Waals surface area contributed by atoms with Gasteiger partial charge in [0.05, 0.1) is 5.69 Å². The van der Waals surface area contributed by atoms with Gasteiger partial charge in [-0.25, -0.2) is 19.0 Å². The minimum absolute atomic E-state index is 0.134. The molecule has 0 aliphatic rings. The van der Waals surface area contributed by atoms with E-state index in [0.717, 1.165) is 11.3 Å². The molecule has 0 aliphatic heterocycles. The van der Waals surface area contributed by atoms with Crippen LogP contribution < -0.4 is 5.69 Å². The molecule has 0 saturated carbocycles. The molecule has 0 saturated heterocycles. The number of hydrogen-bond donors (Lipinski definition) is 0. The first-order valence-electron chi connectivity index (χ1n) is 6.28. The van der Waals surface area contributed by atoms with Gasteiger partial charge in [0, 0.05) is 22.9 Å². The molecule has 3 heterocycles. The van der Waals surface area contributed by atoms with Gasteiger partial charge < -0.3 is 0 Å². The van der Waals surface area contributed by atoms with Gasteiger partial charge in [-0.2, -0.15) is 16.4 Å². The maximum atomic E-state index is 12.2. The van der Waals surface area contributed by atoms with Crippen LogP contribution in [0.25, 0.3) is 16.4 Å². The van der Waals surface area contributed by atoms with Crippen molar-refractivity contribution in [3.05, 3.63) is 39.0 Å². The Balaban J connectivity index is 1.94. The fraction of sp³-hybridized carbons (Fsp3) is 0.308. The maximum Gasteiger partial charge on any atom is 0.352 e. The van der Waals surface area contributed by atoms with E-state index in [-0.39, 0.29) is 5.69 Å². The molecule has 0 spiro atoms. The smallest absolute Gasteiger partial charge is 0.245 e. The zero-order valence-electron chi connectivity index (χ0n) is 11.2. The van der Waals surface area contributed by atoms with Crippen LogP contribution in [0.1, 0.15) is 13.8 Å². The Labute approximate surface area is 124 Å². The van der Waals surface area contributed by atoms with E-state index in [1.807, 2.05) is 22.2 Å². The molecule has 20 heavy (non-hydrogen) atoms. The summed E-state index contributed by atoms with van der Waals surface area (Å²) in [6.45, 7) is 4.74. The van der Waals surface area contributed by atoms with Gasteiger partial charge in [-0.05, 0) is 17.4 Å². The van der Waals surface area contributed by atoms with Crippen molar-refractivity contribution < 1.29 is 0 Å². The monoisotopic (exact) mass is 306 g/mol. The minimum Gasteiger partial charge on any atom is -0.245 e. The average molecular weight is 306 g/mol. The molecule has 0 bridgehead atoms. The molecule has 3 aromatic rings. The van der Waals surface area contributed by atoms with E-state index in [1.165, 1.54) is 20.6 Å². The molecule has 0 fully saturated rings. The summed E-state index contributed by atoms with van der Waals surface area (Å²) >= 11 is 3.08. The van der Waals surface area contributed by atoms with Gasteiger partial charge in [0.25, 0.3) is 0 Å². The van der Waals surface area contributed by atoms with E-state index in [9.17, 15) is 4.79 Å². The van der Waals surface area contributed by atoms with Crippen molar-refractivity contribution in [1.82, 2.24) is 19.3 Å². The fourth-order valence-corrected chi connectivity index (χ4v) is 3.30. The third-order valence-electron chi connectivity index (χ3n) is 2.79. The molecule has 0 atom stereocenters. The Morgan fingerprint density at radius 1 is 1.35 bits per heavy atom. The van der Waals surface area contributed by atoms with Crippen molar-refractivity contribution in [2.45, 2.75) is 20.4 Å². The standard InChI is InChI=1S/C13H14N4OS2/c1-9(2)5-17-13(18)16(8-14-17)12-15-11(7-20-12)10-3-4-19-6-10/h3-4,6-9H,5H2,1-2H3. The second kappa shape index (κ2) is 5.34. The second-order valence-corrected chi connectivity index (χ2v) is 6.50. The molecule has 0 aromatic carbocycles. The van der Waals surface area contributed by atoms with Crippen LogP contribution in [0.2, 0.25) is 0 Å². The summed E-state index contributed by atoms with van der Waals surface area (Å²) in [6.07, 6.45) is 1.54. The van der Waals surface area contributed by atoms with E-state index in [1.54, 1.807) is 17.7 Å². The Bertz CT molecular complexity index is 752. The quantitative estimate of drug-likeness (QED) is 0.745. The summed E-state index contributed by atoms with van der Waals surface area (Å²) in [4.78, 5) is 16.7. The summed E-state index contributed by atoms with van der Waals surface area (Å²) in [6, 6.07) is 2.02. The van der Waals surface area contributed by atoms with Crippen LogP contribution in [0.3, 0.4) is 0 Å². The number of aromatic nitrogens is 4. The summed E-state index contributed by atoms with van der Waals surface area (Å²) in [5, 5.41) is 10.8. The van der Waals surface area contributed by atoms with Gasteiger partial charge in [-0.3, -0.25) is 0 Å². The summed E-state index contributed by atoms with van der Waals surface area (Å²) in [5.74, 6) is 0.383. The van der Waals surface area contributed by atoms with E-state index in [2.05, 4.69) is 23.9 Å². The Morgan fingerprint density at radius 3 is 2.90 bits per heavy atom. The average Bonchev–Trinajstić information content (AvgIpc) is 3.10. The van der Waals surface area contributed by atoms with Crippen molar-refractivity contribution in [3.8, 4) is 16.4 Å². The fourth-order valence-electron chi connectivity index (χ4n) is 1.86. The lowest BCUT2D eigenvalue weighted by Gasteiger charge is -2.01. The van der Waals surface area contributed by atoms with Crippen molar-refractivity contribution in [2.75, 3.05) is 0 Å². The number of nitrogens with zero attached hydrogens (tertiary/aromatic N) is 4. The molecular weight excluding hydrogens is 292 g/mol. The molecule has 0 N–H and O–H groups in total. The van der Waals surface area contributed by atoms with Gasteiger partial charge >= 0.3 is 5.69 Å². The topological polar surface area (TPSA) is 52.7 Å². The van der Waals surface area contributed by atoms with Gasteiger partial charge in [0.2, 0.25) is 0 Å². The van der Waals surface area contributed by atoms with Crippen LogP contribution >= 0.6 is 22.7 Å². The number of rotatable bonds is 4. The third kappa shape index (κ3) is 2.46. The molecule has 0 amide bonds. The highest BCUT2D eigenvalue weighted by Crippen LogP contribution is 2.25. The molecule has 0 radical (unpaired) electrons. The summed E-state index contributed by atoms with van der Waals surface area (Å²) in [7, 11) is 0. The lowest BCUT2D eigenvalue weighted by Crippen LogP contribution is -2.25. The van der Waals surface area contributed by atoms with Gasteiger partial charge in [0.1, 0.15) is 6.33 Å². The Morgan fingerprint density at radius 2 is 2.20 bits per heavy atom. The van der Waals surface area contributed by atoms with Crippen LogP contribution in [-0.2, 0) is 6.54 Å². The first-order chi connectivity index (χ1) is 9.65. The Kier molecular flexibility index (Phi) is 3.54. The summed E-state index contributed by atoms with van der Waals surface area (Å²) < 4.78 is 2.99. The highest BCUT2D eigenvalue weighted by molar-refractivity contribution is 7.12. The second-order valence-electron chi connectivity index (χ2n) is 4.89. The van der Waals surface area contributed by atoms with Crippen LogP contribution in [0.5, 0.6) is 0 Å². The van der Waals surface area contributed by atoms with Crippen LogP contribution in [0, 0.1) is 5.92 Å². The molecule has 3 rings (SSSR count). The van der Waals surface area contributed by atoms with Crippen LogP contribution in [-0.4, -0.2) is 19.3 Å². The first-order valence-corrected chi connectivity index (χ1v) is 8.10. The largest absolute Gasteiger partial charge is 0.352 e. The highest BCUT2D eigenvalue weighted by Gasteiger charge is 2.12.